The van der Waals surface area contributed by atoms with Crippen LogP contribution in [0.15, 0.2) is 4.99 Å². The first-order valence-electron chi connectivity index (χ1n) is 2.24. The Morgan fingerprint density at radius 3 is 2.60 bits per heavy atom. The summed E-state index contributed by atoms with van der Waals surface area (Å²) in [7, 11) is -5.40. The molecule has 0 heterocycles. The first-order chi connectivity index (χ1) is 4.56. The van der Waals surface area contributed by atoms with Gasteiger partial charge in [-0.15, -0.1) is 8.39 Å². The summed E-state index contributed by atoms with van der Waals surface area (Å²) in [5.41, 5.74) is 0. The number of hydrogen-bond acceptors (Lipinski definition) is 4. The van der Waals surface area contributed by atoms with Gasteiger partial charge in [-0.05, 0) is 0 Å². The number of rotatable bonds is 4. The van der Waals surface area contributed by atoms with Crippen molar-refractivity contribution in [1.29, 1.82) is 0 Å². The summed E-state index contributed by atoms with van der Waals surface area (Å²) in [5, 5.41) is 0. The van der Waals surface area contributed by atoms with E-state index < -0.39 is 14.6 Å². The van der Waals surface area contributed by atoms with Crippen LogP contribution in [0.5, 0.6) is 0 Å². The summed E-state index contributed by atoms with van der Waals surface area (Å²) in [6.07, 6.45) is 1.11. The van der Waals surface area contributed by atoms with Crippen molar-refractivity contribution in [2.24, 2.45) is 4.99 Å². The molecule has 0 N–H and O–H groups in total. The predicted molar refractivity (Wildman–Crippen MR) is 28.8 cm³/mol. The molecular formula is C3H4F2NO3P. The van der Waals surface area contributed by atoms with Crippen molar-refractivity contribution < 1.29 is 22.3 Å². The van der Waals surface area contributed by atoms with E-state index in [1.54, 1.807) is 0 Å². The summed E-state index contributed by atoms with van der Waals surface area (Å²) < 4.78 is 35.6. The number of halogens is 2. The maximum atomic E-state index is 11.3. The first kappa shape index (κ1) is 9.43. The average molecular weight is 171 g/mol. The van der Waals surface area contributed by atoms with E-state index >= 15 is 0 Å². The van der Waals surface area contributed by atoms with Gasteiger partial charge in [0.05, 0.1) is 13.2 Å². The third kappa shape index (κ3) is 7.43. The fraction of sp³-hybridized carbons (Fsp3) is 0.667. The third-order valence-electron chi connectivity index (χ3n) is 0.509. The van der Waals surface area contributed by atoms with E-state index in [0.717, 1.165) is 6.08 Å². The minimum Gasteiger partial charge on any atom is -0.278 e. The lowest BCUT2D eigenvalue weighted by atomic mass is 10.7. The minimum absolute atomic E-state index is 0.249. The zero-order valence-corrected chi connectivity index (χ0v) is 5.68. The molecule has 0 aliphatic rings. The summed E-state index contributed by atoms with van der Waals surface area (Å²) in [6, 6.07) is 0. The molecule has 0 bridgehead atoms. The van der Waals surface area contributed by atoms with Crippen LogP contribution in [0.25, 0.3) is 0 Å². The first-order valence-corrected chi connectivity index (χ1v) is 3.64. The van der Waals surface area contributed by atoms with Crippen LogP contribution in [0, 0.1) is 0 Å². The van der Waals surface area contributed by atoms with E-state index in [2.05, 4.69) is 9.52 Å². The second-order valence-electron chi connectivity index (χ2n) is 1.22. The lowest BCUT2D eigenvalue weighted by Gasteiger charge is -1.95. The Labute approximate surface area is 55.6 Å². The summed E-state index contributed by atoms with van der Waals surface area (Å²) in [4.78, 5) is 12.2. The molecule has 0 rings (SSSR count). The average Bonchev–Trinajstić information content (AvgIpc) is 1.78. The molecule has 0 saturated carbocycles. The molecule has 0 aliphatic carbocycles. The highest BCUT2D eigenvalue weighted by Crippen LogP contribution is 2.49. The van der Waals surface area contributed by atoms with Gasteiger partial charge in [0.1, 0.15) is 0 Å². The fourth-order valence-electron chi connectivity index (χ4n) is 0.238. The lowest BCUT2D eigenvalue weighted by molar-refractivity contribution is 0.263. The molecular weight excluding hydrogens is 167 g/mol. The normalized spacial score (nSPS) is 10.6. The molecule has 0 atom stereocenters. The second kappa shape index (κ2) is 4.28. The molecule has 4 nitrogen and oxygen atoms in total. The van der Waals surface area contributed by atoms with Crippen molar-refractivity contribution in [2.75, 3.05) is 13.2 Å². The Morgan fingerprint density at radius 1 is 1.60 bits per heavy atom. The van der Waals surface area contributed by atoms with E-state index in [1.165, 1.54) is 0 Å². The van der Waals surface area contributed by atoms with Crippen molar-refractivity contribution in [2.45, 2.75) is 0 Å². The maximum absolute atomic E-state index is 11.3. The summed E-state index contributed by atoms with van der Waals surface area (Å²) >= 11 is 0. The van der Waals surface area contributed by atoms with Crippen molar-refractivity contribution >= 4 is 14.1 Å². The van der Waals surface area contributed by atoms with E-state index in [-0.39, 0.29) is 6.54 Å². The maximum Gasteiger partial charge on any atom is 0.552 e. The highest BCUT2D eigenvalue weighted by Gasteiger charge is 2.19. The Morgan fingerprint density at radius 2 is 2.20 bits per heavy atom. The van der Waals surface area contributed by atoms with Crippen LogP contribution in [0.3, 0.4) is 0 Å². The lowest BCUT2D eigenvalue weighted by Crippen LogP contribution is -1.91. The largest absolute Gasteiger partial charge is 0.552 e. The minimum atomic E-state index is -5.40. The topological polar surface area (TPSA) is 55.7 Å². The molecule has 0 amide bonds. The zero-order chi connectivity index (χ0) is 8.04. The van der Waals surface area contributed by atoms with Gasteiger partial charge < -0.3 is 0 Å². The summed E-state index contributed by atoms with van der Waals surface area (Å²) in [6.45, 7) is -0.777. The Kier molecular flexibility index (Phi) is 4.03. The number of isocyanates is 1. The van der Waals surface area contributed by atoms with Crippen LogP contribution in [-0.4, -0.2) is 19.2 Å². The molecule has 0 radical (unpaired) electrons. The smallest absolute Gasteiger partial charge is 0.278 e. The quantitative estimate of drug-likeness (QED) is 0.278. The van der Waals surface area contributed by atoms with Crippen LogP contribution in [-0.2, 0) is 13.9 Å². The number of nitrogens with zero attached hydrogens (tertiary/aromatic N) is 1. The monoisotopic (exact) mass is 171 g/mol. The predicted octanol–water partition coefficient (Wildman–Crippen LogP) is 1.39. The third-order valence-corrected chi connectivity index (χ3v) is 0.992. The highest BCUT2D eigenvalue weighted by atomic mass is 31.2. The Bertz CT molecular complexity index is 184. The van der Waals surface area contributed by atoms with Gasteiger partial charge in [-0.1, -0.05) is 0 Å². The van der Waals surface area contributed by atoms with Crippen LogP contribution in [0.4, 0.5) is 8.39 Å². The van der Waals surface area contributed by atoms with E-state index in [9.17, 15) is 17.8 Å². The molecule has 0 spiro atoms. The van der Waals surface area contributed by atoms with Crippen LogP contribution in [0.1, 0.15) is 0 Å². The van der Waals surface area contributed by atoms with E-state index in [0.29, 0.717) is 0 Å². The fourth-order valence-corrected chi connectivity index (χ4v) is 0.533. The van der Waals surface area contributed by atoms with Crippen LogP contribution >= 0.6 is 7.99 Å². The van der Waals surface area contributed by atoms with E-state index in [1.807, 2.05) is 0 Å². The highest BCUT2D eigenvalue weighted by molar-refractivity contribution is 7.47. The van der Waals surface area contributed by atoms with Crippen molar-refractivity contribution in [3.05, 3.63) is 0 Å². The van der Waals surface area contributed by atoms with Crippen molar-refractivity contribution in [3.63, 3.8) is 0 Å². The standard InChI is InChI=1S/C3H4F2NO3P/c4-10(5,8)9-2-1-6-3-7/h1-2H2. The molecule has 58 valence electrons. The van der Waals surface area contributed by atoms with Gasteiger partial charge >= 0.3 is 7.99 Å². The van der Waals surface area contributed by atoms with Crippen molar-refractivity contribution in [1.82, 2.24) is 0 Å². The van der Waals surface area contributed by atoms with Gasteiger partial charge in [0, 0.05) is 0 Å². The molecule has 0 fully saturated rings. The van der Waals surface area contributed by atoms with Gasteiger partial charge in [0.2, 0.25) is 6.08 Å². The summed E-state index contributed by atoms with van der Waals surface area (Å²) in [5.74, 6) is 0. The molecule has 7 heteroatoms. The Hall–Kier alpha value is -0.570. The number of hydrogen-bond donors (Lipinski definition) is 0. The number of carbonyl (C=O) groups excluding carboxylic acids is 1. The molecule has 0 unspecified atom stereocenters. The van der Waals surface area contributed by atoms with Gasteiger partial charge in [0.15, 0.2) is 0 Å². The number of aliphatic imine (C=N–C) groups is 1. The van der Waals surface area contributed by atoms with Gasteiger partial charge in [-0.2, -0.15) is 0 Å². The van der Waals surface area contributed by atoms with Gasteiger partial charge in [0.25, 0.3) is 0 Å². The van der Waals surface area contributed by atoms with Crippen LogP contribution in [0.2, 0.25) is 0 Å². The Balaban J connectivity index is 3.38. The second-order valence-corrected chi connectivity index (χ2v) is 2.31. The molecule has 0 aromatic carbocycles. The molecule has 0 aromatic rings. The molecule has 0 aliphatic heterocycles. The van der Waals surface area contributed by atoms with Crippen molar-refractivity contribution in [3.8, 4) is 0 Å². The van der Waals surface area contributed by atoms with Gasteiger partial charge in [-0.25, -0.2) is 14.4 Å². The zero-order valence-electron chi connectivity index (χ0n) is 4.79. The van der Waals surface area contributed by atoms with E-state index in [4.69, 9.17) is 0 Å². The molecule has 10 heavy (non-hydrogen) atoms. The molecule has 0 aromatic heterocycles. The SMILES string of the molecule is O=C=NCCOP(=O)(F)F. The van der Waals surface area contributed by atoms with Crippen LogP contribution < -0.4 is 0 Å². The molecule has 0 saturated heterocycles. The van der Waals surface area contributed by atoms with Gasteiger partial charge in [-0.3, -0.25) is 4.52 Å².